The van der Waals surface area contributed by atoms with E-state index in [-0.39, 0.29) is 36.9 Å². The topological polar surface area (TPSA) is 107 Å². The molecular formula is C30H42O7. The van der Waals surface area contributed by atoms with E-state index in [2.05, 4.69) is 20.8 Å². The van der Waals surface area contributed by atoms with Crippen molar-refractivity contribution in [3.05, 3.63) is 23.8 Å². The number of allylic oxidation sites excluding steroid dienone is 4. The summed E-state index contributed by atoms with van der Waals surface area (Å²) in [6.45, 7) is 13.2. The van der Waals surface area contributed by atoms with Gasteiger partial charge in [-0.05, 0) is 49.2 Å². The first-order valence-electron chi connectivity index (χ1n) is 13.7. The van der Waals surface area contributed by atoms with Crippen molar-refractivity contribution in [2.75, 3.05) is 6.61 Å². The van der Waals surface area contributed by atoms with Gasteiger partial charge in [0.2, 0.25) is 5.78 Å². The van der Waals surface area contributed by atoms with Crippen molar-refractivity contribution in [2.45, 2.75) is 98.7 Å². The Bertz CT molecular complexity index is 1090. The molecule has 0 radical (unpaired) electrons. The molecule has 4 aliphatic carbocycles. The molecule has 0 heterocycles. The Kier molecular flexibility index (Phi) is 6.67. The highest BCUT2D eigenvalue weighted by atomic mass is 16.6. The van der Waals surface area contributed by atoms with Gasteiger partial charge in [0.05, 0.1) is 6.10 Å². The van der Waals surface area contributed by atoms with Crippen LogP contribution in [0.5, 0.6) is 0 Å². The molecule has 0 aromatic carbocycles. The van der Waals surface area contributed by atoms with Gasteiger partial charge in [0.15, 0.2) is 18.0 Å². The highest BCUT2D eigenvalue weighted by molar-refractivity contribution is 6.01. The second-order valence-corrected chi connectivity index (χ2v) is 12.6. The molecule has 37 heavy (non-hydrogen) atoms. The van der Waals surface area contributed by atoms with Crippen LogP contribution in [0.2, 0.25) is 0 Å². The number of rotatable bonds is 6. The van der Waals surface area contributed by atoms with Gasteiger partial charge in [0.1, 0.15) is 0 Å². The largest absolute Gasteiger partial charge is 0.457 e. The fourth-order valence-electron chi connectivity index (χ4n) is 9.05. The van der Waals surface area contributed by atoms with Crippen LogP contribution >= 0.6 is 0 Å². The standard InChI is InChI=1S/C30H42O7/c1-8-24(34)36-17-23(33)30(37-25(35)9-2)18(3)15-27(5)21-11-10-19-14-20(31)12-13-26(19,4)29(21,7)22(32)16-28(27,30)6/h12-14,18,21-22,32H,8-11,15-17H2,1-7H3/t18?,21?,22?,26?,27-,28?,29+,30-/m0/s1. The SMILES string of the molecule is CCC(=O)OCC(=O)[C@@]1(OC(=O)CC)C(C)C[C@@]2(C)C3CCC4=CC(=O)C=CC4(C)[C@@]3(C)C(O)CC21C. The maximum Gasteiger partial charge on any atom is 0.306 e. The number of carbonyl (C=O) groups is 4. The minimum atomic E-state index is -1.53. The zero-order valence-electron chi connectivity index (χ0n) is 23.3. The molecule has 8 atom stereocenters. The van der Waals surface area contributed by atoms with Crippen molar-refractivity contribution >= 4 is 23.5 Å². The summed E-state index contributed by atoms with van der Waals surface area (Å²) in [6.07, 6.45) is 7.07. The fraction of sp³-hybridized carbons (Fsp3) is 0.733. The highest BCUT2D eigenvalue weighted by Crippen LogP contribution is 2.78. The van der Waals surface area contributed by atoms with Crippen molar-refractivity contribution in [3.8, 4) is 0 Å². The predicted octanol–water partition coefficient (Wildman–Crippen LogP) is 4.51. The smallest absolute Gasteiger partial charge is 0.306 e. The lowest BCUT2D eigenvalue weighted by Crippen LogP contribution is -2.70. The summed E-state index contributed by atoms with van der Waals surface area (Å²) in [5, 5.41) is 12.0. The zero-order valence-corrected chi connectivity index (χ0v) is 23.3. The van der Waals surface area contributed by atoms with Gasteiger partial charge in [-0.3, -0.25) is 19.2 Å². The third kappa shape index (κ3) is 3.41. The maximum absolute atomic E-state index is 14.0. The molecule has 204 valence electrons. The van der Waals surface area contributed by atoms with E-state index >= 15 is 0 Å². The number of hydrogen-bond acceptors (Lipinski definition) is 7. The number of aliphatic hydroxyl groups is 1. The number of esters is 2. The minimum Gasteiger partial charge on any atom is -0.457 e. The molecule has 7 heteroatoms. The third-order valence-electron chi connectivity index (χ3n) is 11.3. The Labute approximate surface area is 220 Å². The van der Waals surface area contributed by atoms with Gasteiger partial charge in [0.25, 0.3) is 0 Å². The van der Waals surface area contributed by atoms with Gasteiger partial charge < -0.3 is 14.6 Å². The fourth-order valence-corrected chi connectivity index (χ4v) is 9.05. The van der Waals surface area contributed by atoms with Crippen LogP contribution in [0.25, 0.3) is 0 Å². The van der Waals surface area contributed by atoms with Crippen molar-refractivity contribution < 1.29 is 33.8 Å². The second-order valence-electron chi connectivity index (χ2n) is 12.6. The van der Waals surface area contributed by atoms with E-state index in [1.165, 1.54) is 0 Å². The molecule has 4 rings (SSSR count). The molecule has 3 fully saturated rings. The summed E-state index contributed by atoms with van der Waals surface area (Å²) in [5.41, 5.74) is -2.95. The lowest BCUT2D eigenvalue weighted by Gasteiger charge is -2.69. The average Bonchev–Trinajstić information content (AvgIpc) is 3.01. The van der Waals surface area contributed by atoms with Gasteiger partial charge in [-0.25, -0.2) is 0 Å². The first kappa shape index (κ1) is 27.7. The Balaban J connectivity index is 1.86. The van der Waals surface area contributed by atoms with Crippen LogP contribution in [-0.2, 0) is 28.7 Å². The van der Waals surface area contributed by atoms with Gasteiger partial charge in [0, 0.05) is 35.0 Å². The summed E-state index contributed by atoms with van der Waals surface area (Å²) >= 11 is 0. The quantitative estimate of drug-likeness (QED) is 0.520. The van der Waals surface area contributed by atoms with Gasteiger partial charge in [-0.2, -0.15) is 0 Å². The molecule has 0 aliphatic heterocycles. The Morgan fingerprint density at radius 2 is 1.70 bits per heavy atom. The zero-order chi connectivity index (χ0) is 27.6. The molecule has 3 saturated carbocycles. The second kappa shape index (κ2) is 8.89. The lowest BCUT2D eigenvalue weighted by molar-refractivity contribution is -0.244. The number of Topliss-reactive ketones (excluding diaryl/α,β-unsaturated/α-hetero) is 1. The van der Waals surface area contributed by atoms with Crippen LogP contribution in [0, 0.1) is 33.5 Å². The van der Waals surface area contributed by atoms with E-state index in [1.807, 2.05) is 19.9 Å². The number of fused-ring (bicyclic) bond motifs is 5. The number of hydrogen-bond donors (Lipinski definition) is 1. The molecule has 7 nitrogen and oxygen atoms in total. The van der Waals surface area contributed by atoms with E-state index in [1.54, 1.807) is 26.0 Å². The third-order valence-corrected chi connectivity index (χ3v) is 11.3. The molecule has 0 amide bonds. The first-order valence-corrected chi connectivity index (χ1v) is 13.7. The van der Waals surface area contributed by atoms with E-state index in [0.29, 0.717) is 6.42 Å². The molecular weight excluding hydrogens is 472 g/mol. The maximum atomic E-state index is 14.0. The van der Waals surface area contributed by atoms with E-state index < -0.39 is 57.7 Å². The van der Waals surface area contributed by atoms with E-state index in [9.17, 15) is 24.3 Å². The molecule has 0 aromatic rings. The number of ether oxygens (including phenoxy) is 2. The van der Waals surface area contributed by atoms with Crippen molar-refractivity contribution in [1.29, 1.82) is 0 Å². The normalized spacial score (nSPS) is 44.3. The van der Waals surface area contributed by atoms with Crippen molar-refractivity contribution in [3.63, 3.8) is 0 Å². The Hall–Kier alpha value is -2.28. The summed E-state index contributed by atoms with van der Waals surface area (Å²) in [5.74, 6) is -1.76. The Morgan fingerprint density at radius 3 is 2.32 bits per heavy atom. The average molecular weight is 515 g/mol. The summed E-state index contributed by atoms with van der Waals surface area (Å²) in [6, 6.07) is 0. The van der Waals surface area contributed by atoms with Crippen LogP contribution in [0.1, 0.15) is 87.0 Å². The van der Waals surface area contributed by atoms with Gasteiger partial charge >= 0.3 is 11.9 Å². The number of carbonyl (C=O) groups excluding carboxylic acids is 4. The first-order chi connectivity index (χ1) is 17.2. The van der Waals surface area contributed by atoms with Crippen LogP contribution in [-0.4, -0.2) is 46.9 Å². The molecule has 0 bridgehead atoms. The minimum absolute atomic E-state index is 0.00982. The molecule has 1 N–H and O–H groups in total. The number of aliphatic hydroxyl groups excluding tert-OH is 1. The molecule has 5 unspecified atom stereocenters. The molecule has 4 aliphatic rings. The van der Waals surface area contributed by atoms with Gasteiger partial charge in [-0.15, -0.1) is 0 Å². The summed E-state index contributed by atoms with van der Waals surface area (Å²) in [7, 11) is 0. The summed E-state index contributed by atoms with van der Waals surface area (Å²) < 4.78 is 11.4. The van der Waals surface area contributed by atoms with Crippen LogP contribution < -0.4 is 0 Å². The lowest BCUT2D eigenvalue weighted by atomic mass is 9.36. The molecule has 0 aromatic heterocycles. The Morgan fingerprint density at radius 1 is 1.05 bits per heavy atom. The molecule has 0 saturated heterocycles. The van der Waals surface area contributed by atoms with E-state index in [0.717, 1.165) is 18.4 Å². The number of ketones is 2. The van der Waals surface area contributed by atoms with Crippen molar-refractivity contribution in [1.82, 2.24) is 0 Å². The predicted molar refractivity (Wildman–Crippen MR) is 137 cm³/mol. The van der Waals surface area contributed by atoms with Crippen molar-refractivity contribution in [2.24, 2.45) is 33.5 Å². The van der Waals surface area contributed by atoms with E-state index in [4.69, 9.17) is 9.47 Å². The summed E-state index contributed by atoms with van der Waals surface area (Å²) in [4.78, 5) is 51.0. The van der Waals surface area contributed by atoms with Crippen LogP contribution in [0.3, 0.4) is 0 Å². The highest BCUT2D eigenvalue weighted by Gasteiger charge is 2.79. The van der Waals surface area contributed by atoms with Gasteiger partial charge in [-0.1, -0.05) is 60.1 Å². The van der Waals surface area contributed by atoms with Crippen LogP contribution in [0.4, 0.5) is 0 Å². The molecule has 0 spiro atoms. The monoisotopic (exact) mass is 514 g/mol. The van der Waals surface area contributed by atoms with Crippen LogP contribution in [0.15, 0.2) is 23.8 Å².